The third kappa shape index (κ3) is 3.76. The maximum absolute atomic E-state index is 13.8. The van der Waals surface area contributed by atoms with Crippen LogP contribution in [0.4, 0.5) is 0 Å². The smallest absolute Gasteiger partial charge is 0.274 e. The van der Waals surface area contributed by atoms with Crippen LogP contribution in [0, 0.1) is 0 Å². The van der Waals surface area contributed by atoms with Crippen LogP contribution < -0.4 is 18.9 Å². The zero-order valence-corrected chi connectivity index (χ0v) is 20.4. The van der Waals surface area contributed by atoms with Crippen molar-refractivity contribution >= 4 is 32.5 Å². The Morgan fingerprint density at radius 1 is 0.794 bits per heavy atom. The Labute approximate surface area is 201 Å². The summed E-state index contributed by atoms with van der Waals surface area (Å²) in [4.78, 5) is -0.151. The van der Waals surface area contributed by atoms with Crippen LogP contribution in [-0.4, -0.2) is 45.9 Å². The van der Waals surface area contributed by atoms with Crippen LogP contribution in [0.5, 0.6) is 28.9 Å². The van der Waals surface area contributed by atoms with E-state index < -0.39 is 15.9 Å². The Balaban J connectivity index is 2.09. The molecule has 8 nitrogen and oxygen atoms in total. The van der Waals surface area contributed by atoms with Gasteiger partial charge in [0.1, 0.15) is 27.9 Å². The second-order valence-corrected chi connectivity index (χ2v) is 9.40. The Morgan fingerprint density at radius 2 is 1.44 bits per heavy atom. The molecule has 0 spiro atoms. The fourth-order valence-corrected chi connectivity index (χ4v) is 5.57. The fourth-order valence-electron chi connectivity index (χ4n) is 3.83. The van der Waals surface area contributed by atoms with Crippen molar-refractivity contribution in [1.29, 1.82) is 0 Å². The number of hydrogen-bond donors (Lipinski definition) is 1. The Hall–Kier alpha value is -3.56. The van der Waals surface area contributed by atoms with Gasteiger partial charge in [-0.3, -0.25) is 0 Å². The monoisotopic (exact) mass is 503 g/mol. The third-order valence-corrected chi connectivity index (χ3v) is 7.41. The highest BCUT2D eigenvalue weighted by Crippen LogP contribution is 2.47. The lowest BCUT2D eigenvalue weighted by molar-refractivity contribution is 0.385. The molecule has 0 fully saturated rings. The molecule has 0 aliphatic rings. The number of rotatable bonds is 7. The molecule has 0 saturated carbocycles. The van der Waals surface area contributed by atoms with Gasteiger partial charge in [0, 0.05) is 22.0 Å². The van der Waals surface area contributed by atoms with Crippen molar-refractivity contribution in [3.63, 3.8) is 0 Å². The Bertz CT molecular complexity index is 1500. The molecule has 1 aromatic heterocycles. The van der Waals surface area contributed by atoms with Gasteiger partial charge in [-0.05, 0) is 48.5 Å². The van der Waals surface area contributed by atoms with Gasteiger partial charge >= 0.3 is 0 Å². The van der Waals surface area contributed by atoms with Crippen molar-refractivity contribution < 1.29 is 32.5 Å². The van der Waals surface area contributed by atoms with Crippen LogP contribution in [-0.2, 0) is 10.0 Å². The molecule has 10 heteroatoms. The standard InChI is InChI=1S/C24H22ClNO7S/c1-30-15-6-9-20(32-3)18(12-15)23-17-11-14(25)5-8-19(17)26(24(23)27)34(28,29)22-10-7-16(31-2)13-21(22)33-4/h5-13,27H,1-4H3. The van der Waals surface area contributed by atoms with Gasteiger partial charge in [-0.15, -0.1) is 0 Å². The Morgan fingerprint density at radius 3 is 2.09 bits per heavy atom. The van der Waals surface area contributed by atoms with Crippen LogP contribution in [0.2, 0.25) is 5.02 Å². The molecule has 34 heavy (non-hydrogen) atoms. The van der Waals surface area contributed by atoms with Crippen molar-refractivity contribution in [2.45, 2.75) is 4.90 Å². The van der Waals surface area contributed by atoms with Gasteiger partial charge in [0.05, 0.1) is 39.5 Å². The molecule has 178 valence electrons. The molecule has 0 atom stereocenters. The quantitative estimate of drug-likeness (QED) is 0.381. The first-order valence-electron chi connectivity index (χ1n) is 9.99. The highest BCUT2D eigenvalue weighted by atomic mass is 35.5. The summed E-state index contributed by atoms with van der Waals surface area (Å²) >= 11 is 6.25. The van der Waals surface area contributed by atoms with E-state index in [2.05, 4.69) is 0 Å². The maximum Gasteiger partial charge on any atom is 0.274 e. The molecule has 1 N–H and O–H groups in total. The lowest BCUT2D eigenvalue weighted by Gasteiger charge is -2.14. The maximum atomic E-state index is 13.8. The average Bonchev–Trinajstić information content (AvgIpc) is 3.14. The summed E-state index contributed by atoms with van der Waals surface area (Å²) in [6, 6.07) is 14.0. The van der Waals surface area contributed by atoms with E-state index in [0.29, 0.717) is 33.2 Å². The summed E-state index contributed by atoms with van der Waals surface area (Å²) in [5, 5.41) is 12.2. The number of nitrogens with zero attached hydrogens (tertiary/aromatic N) is 1. The molecule has 0 bridgehead atoms. The lowest BCUT2D eigenvalue weighted by atomic mass is 10.0. The van der Waals surface area contributed by atoms with Gasteiger partial charge in [-0.2, -0.15) is 0 Å². The summed E-state index contributed by atoms with van der Waals surface area (Å²) in [5.74, 6) is 0.884. The average molecular weight is 504 g/mol. The summed E-state index contributed by atoms with van der Waals surface area (Å²) in [6.07, 6.45) is 0. The predicted molar refractivity (Wildman–Crippen MR) is 129 cm³/mol. The number of benzene rings is 3. The molecule has 0 aliphatic heterocycles. The van der Waals surface area contributed by atoms with Crippen LogP contribution in [0.1, 0.15) is 0 Å². The second kappa shape index (κ2) is 9.00. The zero-order valence-electron chi connectivity index (χ0n) is 18.8. The minimum absolute atomic E-state index is 0.0649. The largest absolute Gasteiger partial charge is 0.497 e. The van der Waals surface area contributed by atoms with Crippen molar-refractivity contribution in [1.82, 2.24) is 3.97 Å². The third-order valence-electron chi connectivity index (χ3n) is 5.43. The zero-order chi connectivity index (χ0) is 24.6. The van der Waals surface area contributed by atoms with Crippen molar-refractivity contribution in [3.05, 3.63) is 59.6 Å². The number of hydrogen-bond acceptors (Lipinski definition) is 7. The summed E-state index contributed by atoms with van der Waals surface area (Å²) in [7, 11) is 1.48. The first-order chi connectivity index (χ1) is 16.3. The fraction of sp³-hybridized carbons (Fsp3) is 0.167. The predicted octanol–water partition coefficient (Wildman–Crippen LogP) is 4.94. The van der Waals surface area contributed by atoms with Crippen molar-refractivity contribution in [3.8, 4) is 40.0 Å². The number of aromatic nitrogens is 1. The molecule has 0 amide bonds. The normalized spacial score (nSPS) is 11.4. The van der Waals surface area contributed by atoms with Crippen LogP contribution in [0.3, 0.4) is 0 Å². The molecule has 0 radical (unpaired) electrons. The van der Waals surface area contributed by atoms with Gasteiger partial charge < -0.3 is 24.1 Å². The minimum Gasteiger partial charge on any atom is -0.497 e. The van der Waals surface area contributed by atoms with E-state index in [1.807, 2.05) is 0 Å². The summed E-state index contributed by atoms with van der Waals surface area (Å²) < 4.78 is 49.9. The summed E-state index contributed by atoms with van der Waals surface area (Å²) in [5.41, 5.74) is 0.881. The van der Waals surface area contributed by atoms with Crippen molar-refractivity contribution in [2.75, 3.05) is 28.4 Å². The van der Waals surface area contributed by atoms with Crippen LogP contribution in [0.25, 0.3) is 22.0 Å². The number of ether oxygens (including phenoxy) is 4. The molecule has 0 unspecified atom stereocenters. The topological polar surface area (TPSA) is 96.2 Å². The Kier molecular flexibility index (Phi) is 6.24. The lowest BCUT2D eigenvalue weighted by Crippen LogP contribution is -2.13. The summed E-state index contributed by atoms with van der Waals surface area (Å²) in [6.45, 7) is 0. The first-order valence-corrected chi connectivity index (χ1v) is 11.8. The molecule has 1 heterocycles. The van der Waals surface area contributed by atoms with Crippen molar-refractivity contribution in [2.24, 2.45) is 0 Å². The molecule has 4 rings (SSSR count). The highest BCUT2D eigenvalue weighted by molar-refractivity contribution is 7.90. The SMILES string of the molecule is COc1ccc(S(=O)(=O)n2c(O)c(-c3cc(OC)ccc3OC)c3cc(Cl)ccc32)c(OC)c1. The van der Waals surface area contributed by atoms with Gasteiger partial charge in [0.2, 0.25) is 5.88 Å². The minimum atomic E-state index is -4.33. The second-order valence-electron chi connectivity index (χ2n) is 7.21. The van der Waals surface area contributed by atoms with Crippen LogP contribution >= 0.6 is 11.6 Å². The number of halogens is 1. The molecule has 4 aromatic rings. The number of aromatic hydroxyl groups is 1. The molecule has 3 aromatic carbocycles. The van der Waals surface area contributed by atoms with Gasteiger partial charge in [-0.1, -0.05) is 11.6 Å². The first kappa shape index (κ1) is 23.6. The van der Waals surface area contributed by atoms with E-state index in [-0.39, 0.29) is 21.7 Å². The van der Waals surface area contributed by atoms with E-state index in [1.165, 1.54) is 52.7 Å². The molecular formula is C24H22ClNO7S. The highest BCUT2D eigenvalue weighted by Gasteiger charge is 2.31. The van der Waals surface area contributed by atoms with Crippen LogP contribution in [0.15, 0.2) is 59.5 Å². The van der Waals surface area contributed by atoms with Gasteiger partial charge in [0.25, 0.3) is 10.0 Å². The molecule has 0 saturated heterocycles. The van der Waals surface area contributed by atoms with Gasteiger partial charge in [0.15, 0.2) is 0 Å². The van der Waals surface area contributed by atoms with E-state index in [1.54, 1.807) is 30.3 Å². The van der Waals surface area contributed by atoms with Gasteiger partial charge in [-0.25, -0.2) is 12.4 Å². The molecule has 0 aliphatic carbocycles. The molecular weight excluding hydrogens is 482 g/mol. The van der Waals surface area contributed by atoms with E-state index in [4.69, 9.17) is 30.5 Å². The van der Waals surface area contributed by atoms with E-state index in [9.17, 15) is 13.5 Å². The van der Waals surface area contributed by atoms with E-state index in [0.717, 1.165) is 3.97 Å². The number of methoxy groups -OCH3 is 4. The number of fused-ring (bicyclic) bond motifs is 1. The van der Waals surface area contributed by atoms with E-state index >= 15 is 0 Å².